The predicted molar refractivity (Wildman–Crippen MR) is 112 cm³/mol. The SMILES string of the molecule is CCOC(=O)c1c(NC(=O)C[NH2+][C@H](C)c2ccccc2)sc2c1CC[C@@H](C)C2. The van der Waals surface area contributed by atoms with E-state index in [9.17, 15) is 9.59 Å². The summed E-state index contributed by atoms with van der Waals surface area (Å²) in [7, 11) is 0. The summed E-state index contributed by atoms with van der Waals surface area (Å²) in [6.45, 7) is 6.74. The number of fused-ring (bicyclic) bond motifs is 1. The number of nitrogens with one attached hydrogen (secondary N) is 1. The van der Waals surface area contributed by atoms with Crippen LogP contribution >= 0.6 is 11.3 Å². The number of hydrogen-bond donors (Lipinski definition) is 2. The van der Waals surface area contributed by atoms with Crippen LogP contribution in [-0.2, 0) is 22.4 Å². The highest BCUT2D eigenvalue weighted by Crippen LogP contribution is 2.40. The Balaban J connectivity index is 1.70. The third kappa shape index (κ3) is 4.80. The molecule has 0 fully saturated rings. The van der Waals surface area contributed by atoms with Crippen LogP contribution in [0.25, 0.3) is 0 Å². The molecule has 2 aromatic rings. The largest absolute Gasteiger partial charge is 0.462 e. The van der Waals surface area contributed by atoms with Crippen LogP contribution in [0.4, 0.5) is 5.00 Å². The first-order valence-electron chi connectivity index (χ1n) is 9.99. The van der Waals surface area contributed by atoms with Gasteiger partial charge >= 0.3 is 5.97 Å². The van der Waals surface area contributed by atoms with E-state index in [0.717, 1.165) is 24.8 Å². The van der Waals surface area contributed by atoms with Gasteiger partial charge in [0, 0.05) is 10.4 Å². The molecule has 6 heteroatoms. The number of carbonyl (C=O) groups excluding carboxylic acids is 2. The summed E-state index contributed by atoms with van der Waals surface area (Å²) in [5.74, 6) is 0.177. The molecular weight excluding hydrogens is 372 g/mol. The van der Waals surface area contributed by atoms with Gasteiger partial charge in [0.05, 0.1) is 12.2 Å². The summed E-state index contributed by atoms with van der Waals surface area (Å²) < 4.78 is 5.27. The zero-order valence-corrected chi connectivity index (χ0v) is 17.6. The van der Waals surface area contributed by atoms with Gasteiger partial charge in [-0.25, -0.2) is 4.79 Å². The van der Waals surface area contributed by atoms with Gasteiger partial charge in [-0.3, -0.25) is 4.79 Å². The number of carbonyl (C=O) groups is 2. The van der Waals surface area contributed by atoms with E-state index in [0.29, 0.717) is 29.6 Å². The number of thiophene rings is 1. The lowest BCUT2D eigenvalue weighted by atomic mass is 9.88. The molecule has 1 aromatic heterocycles. The zero-order valence-electron chi connectivity index (χ0n) is 16.8. The predicted octanol–water partition coefficient (Wildman–Crippen LogP) is 3.31. The number of esters is 1. The van der Waals surface area contributed by atoms with Crippen LogP contribution in [0.3, 0.4) is 0 Å². The van der Waals surface area contributed by atoms with Crippen molar-refractivity contribution >= 4 is 28.2 Å². The number of ether oxygens (including phenoxy) is 1. The molecular formula is C22H29N2O3S+. The fourth-order valence-electron chi connectivity index (χ4n) is 3.61. The second kappa shape index (κ2) is 9.34. The van der Waals surface area contributed by atoms with Crippen LogP contribution in [0.1, 0.15) is 59.6 Å². The number of hydrogen-bond acceptors (Lipinski definition) is 4. The number of nitrogens with two attached hydrogens (primary N) is 1. The number of amides is 1. The summed E-state index contributed by atoms with van der Waals surface area (Å²) in [5.41, 5.74) is 2.82. The van der Waals surface area contributed by atoms with Crippen LogP contribution in [0.15, 0.2) is 30.3 Å². The zero-order chi connectivity index (χ0) is 20.1. The van der Waals surface area contributed by atoms with Crippen molar-refractivity contribution < 1.29 is 19.6 Å². The molecule has 1 aliphatic rings. The summed E-state index contributed by atoms with van der Waals surface area (Å²) in [5, 5.41) is 5.62. The molecule has 0 radical (unpaired) electrons. The van der Waals surface area contributed by atoms with E-state index in [-0.39, 0.29) is 17.9 Å². The van der Waals surface area contributed by atoms with Gasteiger partial charge in [0.15, 0.2) is 6.54 Å². The van der Waals surface area contributed by atoms with Crippen molar-refractivity contribution in [3.8, 4) is 0 Å². The molecule has 0 unspecified atom stereocenters. The Morgan fingerprint density at radius 1 is 1.32 bits per heavy atom. The van der Waals surface area contributed by atoms with E-state index in [1.807, 2.05) is 23.5 Å². The van der Waals surface area contributed by atoms with E-state index in [4.69, 9.17) is 4.74 Å². The van der Waals surface area contributed by atoms with E-state index < -0.39 is 0 Å². The highest BCUT2D eigenvalue weighted by molar-refractivity contribution is 7.17. The van der Waals surface area contributed by atoms with E-state index in [1.165, 1.54) is 21.8 Å². The van der Waals surface area contributed by atoms with Crippen LogP contribution < -0.4 is 10.6 Å². The Kier molecular flexibility index (Phi) is 6.86. The third-order valence-electron chi connectivity index (χ3n) is 5.23. The normalized spacial score (nSPS) is 16.9. The van der Waals surface area contributed by atoms with E-state index in [2.05, 4.69) is 31.3 Å². The van der Waals surface area contributed by atoms with Gasteiger partial charge in [0.2, 0.25) is 0 Å². The molecule has 3 rings (SSSR count). The fourth-order valence-corrected chi connectivity index (χ4v) is 5.03. The van der Waals surface area contributed by atoms with Gasteiger partial charge in [-0.05, 0) is 44.6 Å². The van der Waals surface area contributed by atoms with E-state index >= 15 is 0 Å². The van der Waals surface area contributed by atoms with Crippen LogP contribution in [0.5, 0.6) is 0 Å². The minimum atomic E-state index is -0.327. The first-order chi connectivity index (χ1) is 13.5. The second-order valence-corrected chi connectivity index (χ2v) is 8.57. The number of benzene rings is 1. The van der Waals surface area contributed by atoms with Crippen molar-refractivity contribution in [1.29, 1.82) is 0 Å². The van der Waals surface area contributed by atoms with Crippen LogP contribution in [0.2, 0.25) is 0 Å². The molecule has 3 N–H and O–H groups in total. The van der Waals surface area contributed by atoms with Crippen molar-refractivity contribution in [2.75, 3.05) is 18.5 Å². The molecule has 0 saturated carbocycles. The first kappa shape index (κ1) is 20.6. The van der Waals surface area contributed by atoms with Gasteiger partial charge in [-0.1, -0.05) is 37.3 Å². The van der Waals surface area contributed by atoms with E-state index in [1.54, 1.807) is 6.92 Å². The highest BCUT2D eigenvalue weighted by Gasteiger charge is 2.29. The molecule has 28 heavy (non-hydrogen) atoms. The molecule has 1 amide bonds. The molecule has 0 spiro atoms. The maximum Gasteiger partial charge on any atom is 0.341 e. The lowest BCUT2D eigenvalue weighted by molar-refractivity contribution is -0.682. The molecule has 2 atom stereocenters. The number of quaternary nitrogens is 1. The van der Waals surface area contributed by atoms with Crippen molar-refractivity contribution in [1.82, 2.24) is 0 Å². The van der Waals surface area contributed by atoms with Gasteiger partial charge < -0.3 is 15.4 Å². The lowest BCUT2D eigenvalue weighted by Crippen LogP contribution is -2.86. The molecule has 0 aliphatic heterocycles. The molecule has 1 aliphatic carbocycles. The van der Waals surface area contributed by atoms with Gasteiger partial charge in [-0.2, -0.15) is 0 Å². The fraction of sp³-hybridized carbons (Fsp3) is 0.455. The van der Waals surface area contributed by atoms with Crippen LogP contribution in [-0.4, -0.2) is 25.0 Å². The van der Waals surface area contributed by atoms with Gasteiger partial charge in [0.1, 0.15) is 11.0 Å². The summed E-state index contributed by atoms with van der Waals surface area (Å²) in [4.78, 5) is 26.3. The van der Waals surface area contributed by atoms with Crippen molar-refractivity contribution in [2.45, 2.75) is 46.1 Å². The quantitative estimate of drug-likeness (QED) is 0.699. The van der Waals surface area contributed by atoms with Crippen molar-refractivity contribution in [2.24, 2.45) is 5.92 Å². The summed E-state index contributed by atoms with van der Waals surface area (Å²) in [6.07, 6.45) is 2.89. The smallest absolute Gasteiger partial charge is 0.341 e. The van der Waals surface area contributed by atoms with Crippen molar-refractivity contribution in [3.63, 3.8) is 0 Å². The summed E-state index contributed by atoms with van der Waals surface area (Å²) >= 11 is 1.53. The molecule has 1 aromatic carbocycles. The number of anilines is 1. The Morgan fingerprint density at radius 3 is 2.79 bits per heavy atom. The second-order valence-electron chi connectivity index (χ2n) is 7.46. The maximum absolute atomic E-state index is 12.6. The minimum Gasteiger partial charge on any atom is -0.462 e. The average Bonchev–Trinajstić information content (AvgIpc) is 3.03. The topological polar surface area (TPSA) is 72.0 Å². The minimum absolute atomic E-state index is 0.0972. The molecule has 0 saturated heterocycles. The number of rotatable bonds is 7. The molecule has 150 valence electrons. The Morgan fingerprint density at radius 2 is 2.07 bits per heavy atom. The Bertz CT molecular complexity index is 832. The molecule has 1 heterocycles. The van der Waals surface area contributed by atoms with Crippen molar-refractivity contribution in [3.05, 3.63) is 51.9 Å². The lowest BCUT2D eigenvalue weighted by Gasteiger charge is -2.18. The van der Waals surface area contributed by atoms with Gasteiger partial charge in [-0.15, -0.1) is 11.3 Å². The maximum atomic E-state index is 12.6. The molecule has 5 nitrogen and oxygen atoms in total. The average molecular weight is 402 g/mol. The standard InChI is InChI=1S/C22H28N2O3S/c1-4-27-22(26)20-17-11-10-14(2)12-18(17)28-21(20)24-19(25)13-23-15(3)16-8-6-5-7-9-16/h5-9,14-15,23H,4,10-13H2,1-3H3,(H,24,25)/p+1/t14-,15-/m1/s1. The summed E-state index contributed by atoms with van der Waals surface area (Å²) in [6, 6.07) is 10.3. The monoisotopic (exact) mass is 401 g/mol. The van der Waals surface area contributed by atoms with Crippen LogP contribution in [0, 0.1) is 5.92 Å². The Labute approximate surface area is 170 Å². The highest BCUT2D eigenvalue weighted by atomic mass is 32.1. The first-order valence-corrected chi connectivity index (χ1v) is 10.8. The van der Waals surface area contributed by atoms with Gasteiger partial charge in [0.25, 0.3) is 5.91 Å². The Hall–Kier alpha value is -2.18. The third-order valence-corrected chi connectivity index (χ3v) is 6.40. The molecule has 0 bridgehead atoms.